The third kappa shape index (κ3) is 2.95. The topological polar surface area (TPSA) is 62.7 Å². The van der Waals surface area contributed by atoms with Crippen molar-refractivity contribution in [3.63, 3.8) is 0 Å². The minimum atomic E-state index is 0.242. The van der Waals surface area contributed by atoms with Crippen molar-refractivity contribution in [3.05, 3.63) is 68.6 Å². The zero-order valence-corrected chi connectivity index (χ0v) is 16.0. The molecule has 0 aliphatic carbocycles. The van der Waals surface area contributed by atoms with E-state index in [0.29, 0.717) is 5.56 Å². The van der Waals surface area contributed by atoms with Gasteiger partial charge < -0.3 is 5.73 Å². The number of aromatic nitrogens is 1. The molecule has 0 amide bonds. The number of benzene rings is 2. The van der Waals surface area contributed by atoms with Gasteiger partial charge in [0.15, 0.2) is 0 Å². The molecule has 5 heteroatoms. The van der Waals surface area contributed by atoms with Crippen LogP contribution in [-0.2, 0) is 0 Å². The first-order chi connectivity index (χ1) is 11.5. The van der Waals surface area contributed by atoms with Crippen molar-refractivity contribution in [1.29, 1.82) is 5.26 Å². The van der Waals surface area contributed by atoms with Gasteiger partial charge in [-0.25, -0.2) is 4.98 Å². The lowest BCUT2D eigenvalue weighted by Gasteiger charge is -2.16. The summed E-state index contributed by atoms with van der Waals surface area (Å²) in [6.45, 7) is 1.97. The molecule has 0 unspecified atom stereocenters. The number of hydrogen-bond acceptors (Lipinski definition) is 3. The van der Waals surface area contributed by atoms with Gasteiger partial charge in [-0.3, -0.25) is 0 Å². The van der Waals surface area contributed by atoms with Crippen LogP contribution in [0.5, 0.6) is 0 Å². The molecule has 0 spiro atoms. The van der Waals surface area contributed by atoms with Crippen LogP contribution < -0.4 is 5.73 Å². The molecule has 0 fully saturated rings. The molecule has 1 aromatic heterocycles. The van der Waals surface area contributed by atoms with Crippen LogP contribution in [0.2, 0.25) is 0 Å². The first-order valence-corrected chi connectivity index (χ1v) is 8.82. The van der Waals surface area contributed by atoms with Crippen LogP contribution in [0.1, 0.15) is 11.1 Å². The van der Waals surface area contributed by atoms with Gasteiger partial charge in [-0.1, -0.05) is 62.2 Å². The van der Waals surface area contributed by atoms with E-state index in [4.69, 9.17) is 5.73 Å². The zero-order chi connectivity index (χ0) is 17.3. The number of anilines is 1. The van der Waals surface area contributed by atoms with Gasteiger partial charge in [0, 0.05) is 20.1 Å². The Morgan fingerprint density at radius 2 is 1.71 bits per heavy atom. The van der Waals surface area contributed by atoms with E-state index in [1.165, 1.54) is 0 Å². The van der Waals surface area contributed by atoms with E-state index in [9.17, 15) is 5.26 Å². The Morgan fingerprint density at radius 1 is 1.04 bits per heavy atom. The van der Waals surface area contributed by atoms with Gasteiger partial charge in [0.25, 0.3) is 0 Å². The van der Waals surface area contributed by atoms with E-state index in [1.807, 2.05) is 55.5 Å². The SMILES string of the molecule is Cc1c(-c2ccc(Br)cc2)nc(N)c(C#N)c1-c1ccccc1Br. The fraction of sp³-hybridized carbons (Fsp3) is 0.0526. The Hall–Kier alpha value is -2.16. The van der Waals surface area contributed by atoms with E-state index in [0.717, 1.165) is 36.9 Å². The summed E-state index contributed by atoms with van der Waals surface area (Å²) >= 11 is 7.01. The second kappa shape index (κ2) is 6.76. The normalized spacial score (nSPS) is 10.4. The van der Waals surface area contributed by atoms with Crippen LogP contribution in [-0.4, -0.2) is 4.98 Å². The van der Waals surface area contributed by atoms with E-state index in [-0.39, 0.29) is 5.82 Å². The smallest absolute Gasteiger partial charge is 0.142 e. The summed E-state index contributed by atoms with van der Waals surface area (Å²) in [5, 5.41) is 9.58. The number of hydrogen-bond donors (Lipinski definition) is 1. The first-order valence-electron chi connectivity index (χ1n) is 7.24. The van der Waals surface area contributed by atoms with Gasteiger partial charge in [0.05, 0.1) is 5.69 Å². The van der Waals surface area contributed by atoms with E-state index >= 15 is 0 Å². The maximum absolute atomic E-state index is 9.58. The highest BCUT2D eigenvalue weighted by molar-refractivity contribution is 9.10. The van der Waals surface area contributed by atoms with Crippen molar-refractivity contribution >= 4 is 37.7 Å². The predicted molar refractivity (Wildman–Crippen MR) is 104 cm³/mol. The Labute approximate surface area is 157 Å². The van der Waals surface area contributed by atoms with Crippen molar-refractivity contribution in [2.45, 2.75) is 6.92 Å². The van der Waals surface area contributed by atoms with Gasteiger partial charge in [-0.2, -0.15) is 5.26 Å². The van der Waals surface area contributed by atoms with Gasteiger partial charge >= 0.3 is 0 Å². The van der Waals surface area contributed by atoms with Crippen LogP contribution in [0.25, 0.3) is 22.4 Å². The molecule has 3 rings (SSSR count). The highest BCUT2D eigenvalue weighted by atomic mass is 79.9. The average Bonchev–Trinajstić information content (AvgIpc) is 2.58. The standard InChI is InChI=1S/C19H13Br2N3/c1-11-17(14-4-2-3-5-16(14)21)15(10-22)19(23)24-18(11)12-6-8-13(20)9-7-12/h2-9H,1H3,(H2,23,24). The summed E-state index contributed by atoms with van der Waals surface area (Å²) < 4.78 is 1.91. The largest absolute Gasteiger partial charge is 0.383 e. The molecule has 0 saturated heterocycles. The number of pyridine rings is 1. The summed E-state index contributed by atoms with van der Waals surface area (Å²) in [7, 11) is 0. The maximum atomic E-state index is 9.58. The molecule has 2 N–H and O–H groups in total. The van der Waals surface area contributed by atoms with E-state index in [1.54, 1.807) is 0 Å². The lowest BCUT2D eigenvalue weighted by molar-refractivity contribution is 1.26. The quantitative estimate of drug-likeness (QED) is 0.553. The second-order valence-electron chi connectivity index (χ2n) is 5.32. The summed E-state index contributed by atoms with van der Waals surface area (Å²) in [5.41, 5.74) is 10.9. The minimum Gasteiger partial charge on any atom is -0.383 e. The van der Waals surface area contributed by atoms with Crippen molar-refractivity contribution in [1.82, 2.24) is 4.98 Å². The Kier molecular flexibility index (Phi) is 4.70. The van der Waals surface area contributed by atoms with Crippen LogP contribution in [0.15, 0.2) is 57.5 Å². The molecule has 1 heterocycles. The number of nitrogens with two attached hydrogens (primary N) is 1. The minimum absolute atomic E-state index is 0.242. The van der Waals surface area contributed by atoms with Crippen LogP contribution in [0.4, 0.5) is 5.82 Å². The average molecular weight is 443 g/mol. The van der Waals surface area contributed by atoms with Crippen molar-refractivity contribution in [2.75, 3.05) is 5.73 Å². The molecule has 24 heavy (non-hydrogen) atoms. The fourth-order valence-corrected chi connectivity index (χ4v) is 3.44. The van der Waals surface area contributed by atoms with E-state index in [2.05, 4.69) is 42.9 Å². The lowest BCUT2D eigenvalue weighted by Crippen LogP contribution is -2.03. The molecule has 2 aromatic carbocycles. The maximum Gasteiger partial charge on any atom is 0.142 e. The number of nitrogens with zero attached hydrogens (tertiary/aromatic N) is 2. The van der Waals surface area contributed by atoms with Gasteiger partial charge in [-0.05, 0) is 36.2 Å². The predicted octanol–water partition coefficient (Wildman–Crippen LogP) is 5.70. The highest BCUT2D eigenvalue weighted by Gasteiger charge is 2.19. The van der Waals surface area contributed by atoms with Gasteiger partial charge in [0.1, 0.15) is 17.5 Å². The summed E-state index contributed by atoms with van der Waals surface area (Å²) in [4.78, 5) is 4.48. The highest BCUT2D eigenvalue weighted by Crippen LogP contribution is 2.38. The van der Waals surface area contributed by atoms with Crippen molar-refractivity contribution in [3.8, 4) is 28.5 Å². The fourth-order valence-electron chi connectivity index (χ4n) is 2.70. The molecular weight excluding hydrogens is 430 g/mol. The summed E-state index contributed by atoms with van der Waals surface area (Å²) in [5.74, 6) is 0.242. The summed E-state index contributed by atoms with van der Waals surface area (Å²) in [6.07, 6.45) is 0. The molecular formula is C19H13Br2N3. The van der Waals surface area contributed by atoms with Crippen LogP contribution >= 0.6 is 31.9 Å². The lowest BCUT2D eigenvalue weighted by atomic mass is 9.93. The second-order valence-corrected chi connectivity index (χ2v) is 7.09. The number of nitriles is 1. The monoisotopic (exact) mass is 441 g/mol. The molecule has 0 aliphatic heterocycles. The Balaban J connectivity index is 2.34. The van der Waals surface area contributed by atoms with Gasteiger partial charge in [0.2, 0.25) is 0 Å². The van der Waals surface area contributed by atoms with E-state index < -0.39 is 0 Å². The number of rotatable bonds is 2. The summed E-state index contributed by atoms with van der Waals surface area (Å²) in [6, 6.07) is 17.9. The molecule has 0 radical (unpaired) electrons. The molecule has 3 aromatic rings. The Bertz CT molecular complexity index is 958. The zero-order valence-electron chi connectivity index (χ0n) is 12.8. The molecule has 0 aliphatic rings. The molecule has 0 bridgehead atoms. The van der Waals surface area contributed by atoms with Crippen molar-refractivity contribution in [2.24, 2.45) is 0 Å². The molecule has 0 saturated carbocycles. The van der Waals surface area contributed by atoms with Crippen LogP contribution in [0, 0.1) is 18.3 Å². The number of halogens is 2. The third-order valence-electron chi connectivity index (χ3n) is 3.84. The van der Waals surface area contributed by atoms with Crippen LogP contribution in [0.3, 0.4) is 0 Å². The Morgan fingerprint density at radius 3 is 2.33 bits per heavy atom. The molecule has 3 nitrogen and oxygen atoms in total. The number of nitrogen functional groups attached to an aromatic ring is 1. The first kappa shape index (κ1) is 16.7. The van der Waals surface area contributed by atoms with Crippen molar-refractivity contribution < 1.29 is 0 Å². The van der Waals surface area contributed by atoms with Gasteiger partial charge in [-0.15, -0.1) is 0 Å². The molecule has 118 valence electrons. The molecule has 0 atom stereocenters. The third-order valence-corrected chi connectivity index (χ3v) is 5.06.